The first-order chi connectivity index (χ1) is 30.6. The molecule has 62 heavy (non-hydrogen) atoms. The Kier molecular flexibility index (Phi) is 51.9. The maximum Gasteiger partial charge on any atom is 0.249 e. The number of carbonyl (C=O) groups is 1. The molecule has 0 heterocycles. The molecule has 0 aromatic heterocycles. The molecule has 370 valence electrons. The van der Waals surface area contributed by atoms with Crippen molar-refractivity contribution in [3.63, 3.8) is 0 Å². The van der Waals surface area contributed by atoms with Crippen LogP contribution in [0.4, 0.5) is 0 Å². The predicted molar refractivity (Wildman–Crippen MR) is 273 cm³/mol. The fourth-order valence-electron chi connectivity index (χ4n) is 9.19. The Balaban J connectivity index is 3.49. The molecular weight excluding hydrogens is 763 g/mol. The highest BCUT2D eigenvalue weighted by Gasteiger charge is 2.23. The van der Waals surface area contributed by atoms with E-state index in [4.69, 9.17) is 0 Å². The van der Waals surface area contributed by atoms with Crippen molar-refractivity contribution < 1.29 is 20.1 Å². The van der Waals surface area contributed by atoms with E-state index in [2.05, 4.69) is 31.3 Å². The van der Waals surface area contributed by atoms with Crippen molar-refractivity contribution in [2.24, 2.45) is 0 Å². The van der Waals surface area contributed by atoms with Gasteiger partial charge >= 0.3 is 0 Å². The zero-order valence-electron chi connectivity index (χ0n) is 42.3. The van der Waals surface area contributed by atoms with Gasteiger partial charge in [-0.05, 0) is 38.5 Å². The maximum atomic E-state index is 12.6. The highest BCUT2D eigenvalue weighted by atomic mass is 16.3. The number of unbranched alkanes of at least 4 members (excludes halogenated alkanes) is 43. The number of rotatable bonds is 53. The van der Waals surface area contributed by atoms with Crippen molar-refractivity contribution in [2.45, 2.75) is 340 Å². The smallest absolute Gasteiger partial charge is 0.249 e. The van der Waals surface area contributed by atoms with Crippen molar-refractivity contribution in [1.82, 2.24) is 5.32 Å². The quantitative estimate of drug-likeness (QED) is 0.0362. The van der Waals surface area contributed by atoms with E-state index < -0.39 is 24.2 Å². The average Bonchev–Trinajstić information content (AvgIpc) is 3.28. The van der Waals surface area contributed by atoms with Gasteiger partial charge in [-0.2, -0.15) is 0 Å². The molecule has 0 aliphatic rings. The third-order valence-corrected chi connectivity index (χ3v) is 13.6. The van der Waals surface area contributed by atoms with Gasteiger partial charge in [0.15, 0.2) is 0 Å². The molecule has 0 bridgehead atoms. The monoisotopic (exact) mass is 876 g/mol. The molecule has 0 aromatic rings. The lowest BCUT2D eigenvalue weighted by molar-refractivity contribution is -0.131. The molecular formula is C57H113NO4. The molecule has 0 fully saturated rings. The van der Waals surface area contributed by atoms with E-state index in [0.717, 1.165) is 32.1 Å². The van der Waals surface area contributed by atoms with Crippen LogP contribution < -0.4 is 5.32 Å². The highest BCUT2D eigenvalue weighted by molar-refractivity contribution is 5.80. The molecule has 0 aliphatic carbocycles. The highest BCUT2D eigenvalue weighted by Crippen LogP contribution is 2.18. The fraction of sp³-hybridized carbons (Fsp3) is 0.947. The first-order valence-corrected chi connectivity index (χ1v) is 28.5. The van der Waals surface area contributed by atoms with Crippen molar-refractivity contribution in [1.29, 1.82) is 0 Å². The van der Waals surface area contributed by atoms with E-state index in [0.29, 0.717) is 12.8 Å². The second-order valence-electron chi connectivity index (χ2n) is 19.9. The molecule has 0 aromatic carbocycles. The zero-order chi connectivity index (χ0) is 45.1. The molecule has 5 nitrogen and oxygen atoms in total. The molecule has 0 aliphatic heterocycles. The van der Waals surface area contributed by atoms with Crippen LogP contribution >= 0.6 is 0 Å². The number of allylic oxidation sites excluding steroid dienone is 2. The number of hydrogen-bond acceptors (Lipinski definition) is 4. The summed E-state index contributed by atoms with van der Waals surface area (Å²) in [6.45, 7) is 4.27. The molecule has 1 amide bonds. The standard InChI is InChI=1S/C57H113NO4/c1-3-5-7-9-11-13-15-17-19-21-23-24-25-26-27-28-29-30-31-32-33-34-36-38-40-42-44-46-48-50-52-56(61)57(62)58-54(53-59)55(60)51-49-47-45-43-41-39-37-35-22-20-18-16-14-12-10-8-6-4-2/h26-27,54-56,59-61H,3-25,28-53H2,1-2H3,(H,58,62)/b27-26-. The van der Waals surface area contributed by atoms with Gasteiger partial charge in [0.05, 0.1) is 18.8 Å². The van der Waals surface area contributed by atoms with Crippen molar-refractivity contribution in [3.8, 4) is 0 Å². The summed E-state index contributed by atoms with van der Waals surface area (Å²) in [5.74, 6) is -0.464. The van der Waals surface area contributed by atoms with Crippen molar-refractivity contribution >= 4 is 5.91 Å². The number of hydrogen-bond donors (Lipinski definition) is 4. The molecule has 3 unspecified atom stereocenters. The Labute approximate surface area is 389 Å². The van der Waals surface area contributed by atoms with E-state index in [9.17, 15) is 20.1 Å². The summed E-state index contributed by atoms with van der Waals surface area (Å²) in [6.07, 6.45) is 65.5. The Hall–Kier alpha value is -0.910. The van der Waals surface area contributed by atoms with Gasteiger partial charge in [0.1, 0.15) is 6.10 Å². The Morgan fingerprint density at radius 2 is 0.613 bits per heavy atom. The van der Waals surface area contributed by atoms with E-state index in [-0.39, 0.29) is 6.61 Å². The number of nitrogens with one attached hydrogen (secondary N) is 1. The Bertz CT molecular complexity index is 879. The third kappa shape index (κ3) is 47.1. The summed E-state index contributed by atoms with van der Waals surface area (Å²) in [4.78, 5) is 12.6. The van der Waals surface area contributed by atoms with Crippen LogP contribution in [0.1, 0.15) is 322 Å². The van der Waals surface area contributed by atoms with Gasteiger partial charge in [0, 0.05) is 0 Å². The van der Waals surface area contributed by atoms with E-state index in [1.54, 1.807) is 0 Å². The van der Waals surface area contributed by atoms with Gasteiger partial charge in [-0.1, -0.05) is 296 Å². The van der Waals surface area contributed by atoms with Gasteiger partial charge < -0.3 is 20.6 Å². The lowest BCUT2D eigenvalue weighted by Crippen LogP contribution is -2.49. The summed E-state index contributed by atoms with van der Waals surface area (Å²) in [7, 11) is 0. The second-order valence-corrected chi connectivity index (χ2v) is 19.9. The fourth-order valence-corrected chi connectivity index (χ4v) is 9.19. The lowest BCUT2D eigenvalue weighted by atomic mass is 10.0. The number of aliphatic hydroxyl groups excluding tert-OH is 3. The second kappa shape index (κ2) is 52.7. The largest absolute Gasteiger partial charge is 0.394 e. The normalized spacial score (nSPS) is 13.3. The van der Waals surface area contributed by atoms with E-state index in [1.807, 2.05) is 0 Å². The minimum absolute atomic E-state index is 0.309. The number of amides is 1. The summed E-state index contributed by atoms with van der Waals surface area (Å²) in [6, 6.07) is -0.709. The first kappa shape index (κ1) is 61.1. The van der Waals surface area contributed by atoms with Crippen LogP contribution in [0.5, 0.6) is 0 Å². The molecule has 0 saturated carbocycles. The first-order valence-electron chi connectivity index (χ1n) is 28.5. The van der Waals surface area contributed by atoms with Crippen molar-refractivity contribution in [3.05, 3.63) is 12.2 Å². The molecule has 4 N–H and O–H groups in total. The molecule has 0 spiro atoms. The molecule has 0 saturated heterocycles. The van der Waals surface area contributed by atoms with Crippen LogP contribution in [0.2, 0.25) is 0 Å². The zero-order valence-corrected chi connectivity index (χ0v) is 42.3. The van der Waals surface area contributed by atoms with Crippen LogP contribution in [0.25, 0.3) is 0 Å². The molecule has 3 atom stereocenters. The van der Waals surface area contributed by atoms with Gasteiger partial charge in [-0.3, -0.25) is 4.79 Å². The van der Waals surface area contributed by atoms with Gasteiger partial charge in [-0.25, -0.2) is 0 Å². The summed E-state index contributed by atoms with van der Waals surface area (Å²) >= 11 is 0. The van der Waals surface area contributed by atoms with Crippen LogP contribution in [-0.2, 0) is 4.79 Å². The van der Waals surface area contributed by atoms with Crippen LogP contribution in [0.15, 0.2) is 12.2 Å². The molecule has 0 radical (unpaired) electrons. The van der Waals surface area contributed by atoms with Gasteiger partial charge in [0.2, 0.25) is 5.91 Å². The lowest BCUT2D eigenvalue weighted by Gasteiger charge is -2.23. The van der Waals surface area contributed by atoms with Crippen LogP contribution in [-0.4, -0.2) is 46.1 Å². The summed E-state index contributed by atoms with van der Waals surface area (Å²) in [5.41, 5.74) is 0. The van der Waals surface area contributed by atoms with E-state index in [1.165, 1.54) is 263 Å². The Morgan fingerprint density at radius 3 is 0.887 bits per heavy atom. The minimum atomic E-state index is -1.07. The SMILES string of the molecule is CCCCCCCCCCCCCC/C=C\CCCCCCCCCCCCCCCCC(O)C(=O)NC(CO)C(O)CCCCCCCCCCCCCCCCCCCC. The van der Waals surface area contributed by atoms with Crippen LogP contribution in [0, 0.1) is 0 Å². The summed E-state index contributed by atoms with van der Waals surface area (Å²) in [5, 5.41) is 33.5. The minimum Gasteiger partial charge on any atom is -0.394 e. The van der Waals surface area contributed by atoms with E-state index >= 15 is 0 Å². The Morgan fingerprint density at radius 1 is 0.371 bits per heavy atom. The third-order valence-electron chi connectivity index (χ3n) is 13.6. The van der Waals surface area contributed by atoms with Gasteiger partial charge in [0.25, 0.3) is 0 Å². The predicted octanol–water partition coefficient (Wildman–Crippen LogP) is 17.5. The molecule has 0 rings (SSSR count). The summed E-state index contributed by atoms with van der Waals surface area (Å²) < 4.78 is 0. The molecule has 5 heteroatoms. The topological polar surface area (TPSA) is 89.8 Å². The van der Waals surface area contributed by atoms with Gasteiger partial charge in [-0.15, -0.1) is 0 Å². The number of aliphatic hydroxyl groups is 3. The average molecular weight is 877 g/mol. The van der Waals surface area contributed by atoms with Crippen molar-refractivity contribution in [2.75, 3.05) is 6.61 Å². The number of carbonyl (C=O) groups excluding carboxylic acids is 1. The maximum absolute atomic E-state index is 12.6. The van der Waals surface area contributed by atoms with Crippen LogP contribution in [0.3, 0.4) is 0 Å².